The Morgan fingerprint density at radius 2 is 1.85 bits per heavy atom. The molecule has 0 saturated heterocycles. The Kier molecular flexibility index (Phi) is 4.87. The van der Waals surface area contributed by atoms with Gasteiger partial charge in [0.2, 0.25) is 0 Å². The molecular formula is C18H34IN. The SMILES string of the molecule is CC(C)C1CC2C(C)(C)C(CN)C(C)C2(I)CCC1C. The number of alkyl halides is 1. The Balaban J connectivity index is 2.39. The van der Waals surface area contributed by atoms with Crippen molar-refractivity contribution in [2.24, 2.45) is 46.7 Å². The van der Waals surface area contributed by atoms with Crippen LogP contribution in [-0.4, -0.2) is 9.97 Å². The second-order valence-electron chi connectivity index (χ2n) is 8.59. The lowest BCUT2D eigenvalue weighted by Gasteiger charge is -2.39. The molecule has 2 aliphatic carbocycles. The van der Waals surface area contributed by atoms with E-state index in [0.717, 1.165) is 36.1 Å². The van der Waals surface area contributed by atoms with Crippen molar-refractivity contribution in [3.63, 3.8) is 0 Å². The van der Waals surface area contributed by atoms with E-state index in [-0.39, 0.29) is 0 Å². The minimum Gasteiger partial charge on any atom is -0.330 e. The van der Waals surface area contributed by atoms with Crippen LogP contribution in [0.25, 0.3) is 0 Å². The Bertz CT molecular complexity index is 351. The molecule has 20 heavy (non-hydrogen) atoms. The van der Waals surface area contributed by atoms with E-state index in [1.807, 2.05) is 0 Å². The van der Waals surface area contributed by atoms with Crippen LogP contribution < -0.4 is 5.73 Å². The number of nitrogens with two attached hydrogens (primary N) is 1. The summed E-state index contributed by atoms with van der Waals surface area (Å²) in [6.07, 6.45) is 4.21. The van der Waals surface area contributed by atoms with Crippen LogP contribution in [0.3, 0.4) is 0 Å². The molecule has 2 saturated carbocycles. The summed E-state index contributed by atoms with van der Waals surface area (Å²) in [5.74, 6) is 4.85. The monoisotopic (exact) mass is 391 g/mol. The van der Waals surface area contributed by atoms with E-state index >= 15 is 0 Å². The van der Waals surface area contributed by atoms with E-state index in [4.69, 9.17) is 5.73 Å². The summed E-state index contributed by atoms with van der Waals surface area (Å²) in [5.41, 5.74) is 6.57. The van der Waals surface area contributed by atoms with Crippen LogP contribution in [0.1, 0.15) is 60.8 Å². The van der Waals surface area contributed by atoms with Crippen LogP contribution in [0, 0.1) is 40.9 Å². The molecule has 0 amide bonds. The van der Waals surface area contributed by atoms with Crippen LogP contribution in [-0.2, 0) is 0 Å². The summed E-state index contributed by atoms with van der Waals surface area (Å²) >= 11 is 2.84. The zero-order valence-electron chi connectivity index (χ0n) is 14.2. The fourth-order valence-electron chi connectivity index (χ4n) is 5.68. The molecule has 0 aliphatic heterocycles. The summed E-state index contributed by atoms with van der Waals surface area (Å²) in [7, 11) is 0. The summed E-state index contributed by atoms with van der Waals surface area (Å²) in [5, 5.41) is 0. The van der Waals surface area contributed by atoms with E-state index in [1.54, 1.807) is 0 Å². The molecule has 2 heteroatoms. The molecular weight excluding hydrogens is 357 g/mol. The number of fused-ring (bicyclic) bond motifs is 1. The van der Waals surface area contributed by atoms with E-state index in [1.165, 1.54) is 19.3 Å². The van der Waals surface area contributed by atoms with Gasteiger partial charge in [0, 0.05) is 3.42 Å². The number of rotatable bonds is 2. The van der Waals surface area contributed by atoms with Gasteiger partial charge in [-0.15, -0.1) is 0 Å². The maximum Gasteiger partial charge on any atom is 0.0284 e. The molecule has 6 atom stereocenters. The highest BCUT2D eigenvalue weighted by molar-refractivity contribution is 14.1. The van der Waals surface area contributed by atoms with Crippen molar-refractivity contribution >= 4 is 22.6 Å². The lowest BCUT2D eigenvalue weighted by molar-refractivity contribution is 0.129. The lowest BCUT2D eigenvalue weighted by Crippen LogP contribution is -2.36. The third kappa shape index (κ3) is 2.47. The maximum absolute atomic E-state index is 6.17. The molecule has 0 heterocycles. The largest absolute Gasteiger partial charge is 0.330 e. The van der Waals surface area contributed by atoms with E-state index in [0.29, 0.717) is 14.8 Å². The molecule has 1 nitrogen and oxygen atoms in total. The van der Waals surface area contributed by atoms with E-state index in [2.05, 4.69) is 64.1 Å². The van der Waals surface area contributed by atoms with Gasteiger partial charge in [0.05, 0.1) is 0 Å². The molecule has 118 valence electrons. The normalized spacial score (nSPS) is 48.1. The molecule has 2 fully saturated rings. The molecule has 0 aromatic heterocycles. The molecule has 0 aromatic carbocycles. The van der Waals surface area contributed by atoms with Gasteiger partial charge in [0.15, 0.2) is 0 Å². The summed E-state index contributed by atoms with van der Waals surface area (Å²) in [6, 6.07) is 0. The van der Waals surface area contributed by atoms with Crippen LogP contribution in [0.4, 0.5) is 0 Å². The molecule has 0 spiro atoms. The first-order valence-electron chi connectivity index (χ1n) is 8.55. The van der Waals surface area contributed by atoms with Gasteiger partial charge in [0.1, 0.15) is 0 Å². The standard InChI is InChI=1S/C18H34IN/c1-11(2)14-9-16-17(5,6)15(10-20)13(4)18(16,19)8-7-12(14)3/h11-16H,7-10,20H2,1-6H3. The minimum atomic E-state index is 0.395. The van der Waals surface area contributed by atoms with Crippen molar-refractivity contribution in [2.45, 2.75) is 64.2 Å². The summed E-state index contributed by atoms with van der Waals surface area (Å²) in [6.45, 7) is 15.7. The fourth-order valence-corrected chi connectivity index (χ4v) is 7.48. The number of hydrogen-bond donors (Lipinski definition) is 1. The van der Waals surface area contributed by atoms with Gasteiger partial charge in [-0.25, -0.2) is 0 Å². The molecule has 2 N–H and O–H groups in total. The third-order valence-electron chi connectivity index (χ3n) is 7.13. The summed E-state index contributed by atoms with van der Waals surface area (Å²) < 4.78 is 0.475. The van der Waals surface area contributed by atoms with Gasteiger partial charge in [-0.1, -0.05) is 64.1 Å². The van der Waals surface area contributed by atoms with Crippen LogP contribution in [0.2, 0.25) is 0 Å². The predicted octanol–water partition coefficient (Wildman–Crippen LogP) is 5.12. The van der Waals surface area contributed by atoms with Crippen LogP contribution in [0.5, 0.6) is 0 Å². The van der Waals surface area contributed by atoms with Crippen molar-refractivity contribution < 1.29 is 0 Å². The van der Waals surface area contributed by atoms with Gasteiger partial charge in [-0.3, -0.25) is 0 Å². The number of halogens is 1. The second-order valence-corrected chi connectivity index (χ2v) is 10.6. The van der Waals surface area contributed by atoms with Gasteiger partial charge >= 0.3 is 0 Å². The van der Waals surface area contributed by atoms with Gasteiger partial charge < -0.3 is 5.73 Å². The van der Waals surface area contributed by atoms with Gasteiger partial charge in [0.25, 0.3) is 0 Å². The Morgan fingerprint density at radius 1 is 1.25 bits per heavy atom. The highest BCUT2D eigenvalue weighted by Gasteiger charge is 2.61. The van der Waals surface area contributed by atoms with E-state index in [9.17, 15) is 0 Å². The molecule has 0 radical (unpaired) electrons. The number of hydrogen-bond acceptors (Lipinski definition) is 1. The zero-order chi connectivity index (χ0) is 15.3. The first-order chi connectivity index (χ1) is 9.16. The fraction of sp³-hybridized carbons (Fsp3) is 1.00. The Labute approximate surface area is 140 Å². The molecule has 0 bridgehead atoms. The molecule has 0 aromatic rings. The van der Waals surface area contributed by atoms with E-state index < -0.39 is 0 Å². The average molecular weight is 391 g/mol. The highest BCUT2D eigenvalue weighted by atomic mass is 127. The average Bonchev–Trinajstić information content (AvgIpc) is 2.45. The van der Waals surface area contributed by atoms with Crippen LogP contribution >= 0.6 is 22.6 Å². The first kappa shape index (κ1) is 17.1. The van der Waals surface area contributed by atoms with Crippen molar-refractivity contribution in [3.8, 4) is 0 Å². The highest BCUT2D eigenvalue weighted by Crippen LogP contribution is 2.65. The Hall–Kier alpha value is 0.690. The van der Waals surface area contributed by atoms with Crippen molar-refractivity contribution in [2.75, 3.05) is 6.54 Å². The molecule has 2 aliphatic rings. The van der Waals surface area contributed by atoms with Crippen molar-refractivity contribution in [1.82, 2.24) is 0 Å². The predicted molar refractivity (Wildman–Crippen MR) is 97.1 cm³/mol. The zero-order valence-corrected chi connectivity index (χ0v) is 16.4. The third-order valence-corrected chi connectivity index (χ3v) is 9.40. The Morgan fingerprint density at radius 3 is 2.35 bits per heavy atom. The second kappa shape index (κ2) is 5.72. The smallest absolute Gasteiger partial charge is 0.0284 e. The summed E-state index contributed by atoms with van der Waals surface area (Å²) in [4.78, 5) is 0. The minimum absolute atomic E-state index is 0.395. The van der Waals surface area contributed by atoms with Gasteiger partial charge in [-0.05, 0) is 66.7 Å². The topological polar surface area (TPSA) is 26.0 Å². The van der Waals surface area contributed by atoms with Crippen molar-refractivity contribution in [3.05, 3.63) is 0 Å². The molecule has 6 unspecified atom stereocenters. The first-order valence-corrected chi connectivity index (χ1v) is 9.63. The lowest BCUT2D eigenvalue weighted by atomic mass is 9.68. The van der Waals surface area contributed by atoms with Gasteiger partial charge in [-0.2, -0.15) is 0 Å². The van der Waals surface area contributed by atoms with Crippen LogP contribution in [0.15, 0.2) is 0 Å². The molecule has 2 rings (SSSR count). The van der Waals surface area contributed by atoms with Crippen molar-refractivity contribution in [1.29, 1.82) is 0 Å². The maximum atomic E-state index is 6.17. The quantitative estimate of drug-likeness (QED) is 0.513.